The lowest BCUT2D eigenvalue weighted by Gasteiger charge is -1.97. The zero-order valence-corrected chi connectivity index (χ0v) is 10.1. The normalized spacial score (nSPS) is 10.8. The van der Waals surface area contributed by atoms with Crippen LogP contribution in [0.15, 0.2) is 42.7 Å². The number of hydrogen-bond acceptors (Lipinski definition) is 4. The van der Waals surface area contributed by atoms with Crippen molar-refractivity contribution in [3.63, 3.8) is 0 Å². The van der Waals surface area contributed by atoms with Gasteiger partial charge in [0.2, 0.25) is 0 Å². The molecule has 3 aromatic rings. The number of non-ortho nitro benzene ring substituents is 1. The molecule has 0 unspecified atom stereocenters. The Morgan fingerprint density at radius 3 is 2.63 bits per heavy atom. The maximum atomic E-state index is 10.6. The third kappa shape index (κ3) is 1.83. The first-order valence-electron chi connectivity index (χ1n) is 5.68. The number of nitro benzene ring substituents is 1. The highest BCUT2D eigenvalue weighted by molar-refractivity contribution is 5.92. The molecule has 0 fully saturated rings. The number of nitro groups is 1. The van der Waals surface area contributed by atoms with Crippen LogP contribution >= 0.6 is 0 Å². The molecule has 0 atom stereocenters. The minimum atomic E-state index is -0.415. The number of aryl methyl sites for hydroxylation is 1. The molecule has 0 spiro atoms. The second kappa shape index (κ2) is 4.16. The number of fused-ring (bicyclic) bond motifs is 1. The topological polar surface area (TPSA) is 73.8 Å². The Bertz CT molecular complexity index is 762. The minimum absolute atomic E-state index is 0.0714. The third-order valence-corrected chi connectivity index (χ3v) is 3.00. The molecular weight excluding hydrogens is 244 g/mol. The van der Waals surface area contributed by atoms with Crippen LogP contribution in [0.25, 0.3) is 22.2 Å². The molecule has 6 heteroatoms. The molecule has 0 aliphatic carbocycles. The van der Waals surface area contributed by atoms with E-state index in [0.29, 0.717) is 0 Å². The van der Waals surface area contributed by atoms with Gasteiger partial charge in [-0.3, -0.25) is 19.8 Å². The number of aromatic nitrogens is 3. The highest BCUT2D eigenvalue weighted by Gasteiger charge is 2.12. The van der Waals surface area contributed by atoms with Crippen LogP contribution in [0.4, 0.5) is 5.69 Å². The van der Waals surface area contributed by atoms with E-state index in [-0.39, 0.29) is 5.69 Å². The smallest absolute Gasteiger partial charge is 0.267 e. The summed E-state index contributed by atoms with van der Waals surface area (Å²) in [4.78, 5) is 14.3. The second-order valence-corrected chi connectivity index (χ2v) is 4.17. The van der Waals surface area contributed by atoms with E-state index in [2.05, 4.69) is 10.1 Å². The van der Waals surface area contributed by atoms with Crippen molar-refractivity contribution >= 4 is 16.6 Å². The predicted octanol–water partition coefficient (Wildman–Crippen LogP) is 2.54. The molecule has 0 saturated heterocycles. The summed E-state index contributed by atoms with van der Waals surface area (Å²) in [5, 5.41) is 16.0. The van der Waals surface area contributed by atoms with Crippen molar-refractivity contribution in [1.29, 1.82) is 0 Å². The number of pyridine rings is 1. The van der Waals surface area contributed by atoms with Crippen LogP contribution in [-0.2, 0) is 7.05 Å². The van der Waals surface area contributed by atoms with E-state index >= 15 is 0 Å². The van der Waals surface area contributed by atoms with Gasteiger partial charge in [0.25, 0.3) is 5.69 Å². The molecule has 0 bridgehead atoms. The zero-order chi connectivity index (χ0) is 13.4. The van der Waals surface area contributed by atoms with E-state index < -0.39 is 4.92 Å². The second-order valence-electron chi connectivity index (χ2n) is 4.17. The molecule has 0 aliphatic rings. The molecule has 2 aromatic heterocycles. The van der Waals surface area contributed by atoms with Gasteiger partial charge in [0.1, 0.15) is 5.69 Å². The van der Waals surface area contributed by atoms with Gasteiger partial charge in [-0.05, 0) is 18.2 Å². The Balaban J connectivity index is 2.16. The van der Waals surface area contributed by atoms with Gasteiger partial charge < -0.3 is 0 Å². The van der Waals surface area contributed by atoms with E-state index in [4.69, 9.17) is 0 Å². The van der Waals surface area contributed by atoms with Crippen LogP contribution in [0.2, 0.25) is 0 Å². The average molecular weight is 254 g/mol. The lowest BCUT2D eigenvalue weighted by atomic mass is 10.1. The van der Waals surface area contributed by atoms with Gasteiger partial charge in [-0.1, -0.05) is 0 Å². The molecule has 19 heavy (non-hydrogen) atoms. The van der Waals surface area contributed by atoms with Crippen LogP contribution < -0.4 is 0 Å². The standard InChI is InChI=1S/C13H10N4O2/c1-16-12-6-7-14-8-11(12)13(15-16)9-2-4-10(5-3-9)17(18)19/h2-8H,1H3. The molecule has 0 aliphatic heterocycles. The van der Waals surface area contributed by atoms with E-state index in [1.807, 2.05) is 13.1 Å². The summed E-state index contributed by atoms with van der Waals surface area (Å²) < 4.78 is 1.77. The third-order valence-electron chi connectivity index (χ3n) is 3.00. The van der Waals surface area contributed by atoms with Gasteiger partial charge in [0, 0.05) is 42.5 Å². The van der Waals surface area contributed by atoms with Crippen LogP contribution in [-0.4, -0.2) is 19.7 Å². The molecule has 0 radical (unpaired) electrons. The summed E-state index contributed by atoms with van der Waals surface area (Å²) in [5.41, 5.74) is 2.66. The molecule has 2 heterocycles. The SMILES string of the molecule is Cn1nc(-c2ccc([N+](=O)[O-])cc2)c2cnccc21. The fourth-order valence-corrected chi connectivity index (χ4v) is 2.06. The van der Waals surface area contributed by atoms with E-state index in [0.717, 1.165) is 22.2 Å². The van der Waals surface area contributed by atoms with Crippen LogP contribution in [0, 0.1) is 10.1 Å². The van der Waals surface area contributed by atoms with Gasteiger partial charge in [-0.25, -0.2) is 0 Å². The molecule has 0 amide bonds. The van der Waals surface area contributed by atoms with Crippen molar-refractivity contribution in [2.45, 2.75) is 0 Å². The zero-order valence-electron chi connectivity index (χ0n) is 10.1. The Labute approximate surface area is 108 Å². The first kappa shape index (κ1) is 11.3. The molecule has 3 rings (SSSR count). The highest BCUT2D eigenvalue weighted by atomic mass is 16.6. The predicted molar refractivity (Wildman–Crippen MR) is 70.6 cm³/mol. The summed E-state index contributed by atoms with van der Waals surface area (Å²) in [5.74, 6) is 0. The van der Waals surface area contributed by atoms with Crippen LogP contribution in [0.3, 0.4) is 0 Å². The van der Waals surface area contributed by atoms with Crippen molar-refractivity contribution in [1.82, 2.24) is 14.8 Å². The van der Waals surface area contributed by atoms with Crippen molar-refractivity contribution in [2.75, 3.05) is 0 Å². The molecule has 0 saturated carbocycles. The number of benzene rings is 1. The quantitative estimate of drug-likeness (QED) is 0.520. The number of rotatable bonds is 2. The molecule has 1 aromatic carbocycles. The fraction of sp³-hybridized carbons (Fsp3) is 0.0769. The first-order chi connectivity index (χ1) is 9.16. The molecule has 94 valence electrons. The summed E-state index contributed by atoms with van der Waals surface area (Å²) >= 11 is 0. The summed E-state index contributed by atoms with van der Waals surface area (Å²) in [6, 6.07) is 8.25. The number of hydrogen-bond donors (Lipinski definition) is 0. The molecular formula is C13H10N4O2. The van der Waals surface area contributed by atoms with Crippen LogP contribution in [0.5, 0.6) is 0 Å². The van der Waals surface area contributed by atoms with Gasteiger partial charge in [0.05, 0.1) is 10.4 Å². The first-order valence-corrected chi connectivity index (χ1v) is 5.68. The van der Waals surface area contributed by atoms with Crippen molar-refractivity contribution in [3.8, 4) is 11.3 Å². The maximum Gasteiger partial charge on any atom is 0.269 e. The minimum Gasteiger partial charge on any atom is -0.267 e. The van der Waals surface area contributed by atoms with Gasteiger partial charge in [-0.15, -0.1) is 0 Å². The fourth-order valence-electron chi connectivity index (χ4n) is 2.06. The van der Waals surface area contributed by atoms with E-state index in [1.165, 1.54) is 12.1 Å². The van der Waals surface area contributed by atoms with E-state index in [1.54, 1.807) is 29.2 Å². The van der Waals surface area contributed by atoms with Crippen molar-refractivity contribution < 1.29 is 4.92 Å². The number of nitrogens with zero attached hydrogens (tertiary/aromatic N) is 4. The highest BCUT2D eigenvalue weighted by Crippen LogP contribution is 2.27. The maximum absolute atomic E-state index is 10.6. The lowest BCUT2D eigenvalue weighted by Crippen LogP contribution is -1.90. The average Bonchev–Trinajstić information content (AvgIpc) is 2.77. The summed E-state index contributed by atoms with van der Waals surface area (Å²) in [7, 11) is 1.86. The van der Waals surface area contributed by atoms with E-state index in [9.17, 15) is 10.1 Å². The van der Waals surface area contributed by atoms with Crippen molar-refractivity contribution in [3.05, 3.63) is 52.8 Å². The van der Waals surface area contributed by atoms with Gasteiger partial charge in [0.15, 0.2) is 0 Å². The summed E-state index contributed by atoms with van der Waals surface area (Å²) in [6.07, 6.45) is 3.46. The van der Waals surface area contributed by atoms with Crippen molar-refractivity contribution in [2.24, 2.45) is 7.05 Å². The monoisotopic (exact) mass is 254 g/mol. The summed E-state index contributed by atoms with van der Waals surface area (Å²) in [6.45, 7) is 0. The van der Waals surface area contributed by atoms with Gasteiger partial charge in [-0.2, -0.15) is 5.10 Å². The van der Waals surface area contributed by atoms with Gasteiger partial charge >= 0.3 is 0 Å². The largest absolute Gasteiger partial charge is 0.269 e. The van der Waals surface area contributed by atoms with Crippen LogP contribution in [0.1, 0.15) is 0 Å². The Hall–Kier alpha value is -2.76. The Morgan fingerprint density at radius 2 is 1.95 bits per heavy atom. The molecule has 0 N–H and O–H groups in total. The molecule has 6 nitrogen and oxygen atoms in total. The Morgan fingerprint density at radius 1 is 1.21 bits per heavy atom. The Kier molecular flexibility index (Phi) is 2.49. The lowest BCUT2D eigenvalue weighted by molar-refractivity contribution is -0.384.